The fraction of sp³-hybridized carbons (Fsp3) is 0.414. The summed E-state index contributed by atoms with van der Waals surface area (Å²) in [5, 5.41) is 5.03. The number of hydrogen-bond acceptors (Lipinski definition) is 11. The molecule has 2 fully saturated rings. The van der Waals surface area contributed by atoms with E-state index in [2.05, 4.69) is 10.0 Å². The van der Waals surface area contributed by atoms with Gasteiger partial charge in [-0.05, 0) is 54.6 Å². The molecule has 42 heavy (non-hydrogen) atoms. The smallest absolute Gasteiger partial charge is 0.339 e. The highest BCUT2D eigenvalue weighted by Crippen LogP contribution is 2.51. The van der Waals surface area contributed by atoms with E-state index in [1.165, 1.54) is 7.11 Å². The first-order valence-electron chi connectivity index (χ1n) is 13.3. The molecule has 0 N–H and O–H groups in total. The molecule has 13 heteroatoms. The Morgan fingerprint density at radius 1 is 1.02 bits per heavy atom. The summed E-state index contributed by atoms with van der Waals surface area (Å²) in [4.78, 5) is 16.2. The number of methoxy groups -OCH3 is 2. The summed E-state index contributed by atoms with van der Waals surface area (Å²) in [6.07, 6.45) is -1.68. The minimum atomic E-state index is -1.04. The first kappa shape index (κ1) is 26.5. The van der Waals surface area contributed by atoms with Crippen molar-refractivity contribution in [1.29, 1.82) is 0 Å². The number of carbonyl (C=O) groups is 1. The lowest BCUT2D eigenvalue weighted by Gasteiger charge is -2.25. The van der Waals surface area contributed by atoms with Crippen LogP contribution in [-0.4, -0.2) is 63.9 Å². The summed E-state index contributed by atoms with van der Waals surface area (Å²) in [5.74, 6) is 1.01. The van der Waals surface area contributed by atoms with Gasteiger partial charge in [0.1, 0.15) is 18.0 Å². The van der Waals surface area contributed by atoms with Crippen molar-refractivity contribution in [1.82, 2.24) is 0 Å². The van der Waals surface area contributed by atoms with Gasteiger partial charge in [-0.25, -0.2) is 4.79 Å². The molecule has 3 aromatic rings. The highest BCUT2D eigenvalue weighted by atomic mass is 16.8. The van der Waals surface area contributed by atoms with Crippen LogP contribution in [0.4, 0.5) is 0 Å². The molecule has 0 spiro atoms. The van der Waals surface area contributed by atoms with Gasteiger partial charge in [0.2, 0.25) is 13.1 Å². The van der Waals surface area contributed by atoms with E-state index in [9.17, 15) is 4.79 Å². The van der Waals surface area contributed by atoms with Crippen LogP contribution in [0.15, 0.2) is 35.4 Å². The van der Waals surface area contributed by atoms with Gasteiger partial charge >= 0.3 is 5.97 Å². The third kappa shape index (κ3) is 3.97. The largest absolute Gasteiger partial charge is 0.493 e. The summed E-state index contributed by atoms with van der Waals surface area (Å²) in [7, 11) is 3.08. The molecule has 0 aromatic heterocycles. The number of benzene rings is 3. The van der Waals surface area contributed by atoms with Crippen LogP contribution in [0, 0.1) is 0 Å². The van der Waals surface area contributed by atoms with Crippen molar-refractivity contribution >= 4 is 16.7 Å². The normalized spacial score (nSPS) is 24.6. The molecule has 0 amide bonds. The molecule has 3 aromatic carbocycles. The van der Waals surface area contributed by atoms with Gasteiger partial charge in [0.05, 0.1) is 32.9 Å². The van der Waals surface area contributed by atoms with Gasteiger partial charge in [0, 0.05) is 21.4 Å². The van der Waals surface area contributed by atoms with E-state index in [0.29, 0.717) is 56.2 Å². The Balaban J connectivity index is 1.43. The third-order valence-corrected chi connectivity index (χ3v) is 7.83. The van der Waals surface area contributed by atoms with E-state index >= 15 is 0 Å². The van der Waals surface area contributed by atoms with E-state index in [0.717, 1.165) is 5.56 Å². The standard InChI is InChI=1S/C29H27N3O10/c1-28(2)41-25-27(37-12-29(25,42-28)11-31-32-30)40-24-16-9-20(35-4)19(34-3)8-15(16)22(23-17(24)10-36-26(23)33)14-5-6-18-21(7-14)39-13-38-18/h5-9,25,27H,10-13H2,1-4H3/t25-,27+,29+/m0/s1. The summed E-state index contributed by atoms with van der Waals surface area (Å²) in [6, 6.07) is 9.08. The Morgan fingerprint density at radius 2 is 1.79 bits per heavy atom. The number of fused-ring (bicyclic) bond motifs is 4. The Morgan fingerprint density at radius 3 is 2.55 bits per heavy atom. The summed E-state index contributed by atoms with van der Waals surface area (Å²) in [5.41, 5.74) is 10.2. The first-order chi connectivity index (χ1) is 20.3. The maximum Gasteiger partial charge on any atom is 0.339 e. The van der Waals surface area contributed by atoms with Crippen LogP contribution in [0.1, 0.15) is 29.8 Å². The van der Waals surface area contributed by atoms with Crippen LogP contribution in [-0.2, 0) is 25.6 Å². The first-order valence-corrected chi connectivity index (χ1v) is 13.3. The van der Waals surface area contributed by atoms with Gasteiger partial charge in [-0.3, -0.25) is 0 Å². The van der Waals surface area contributed by atoms with E-state index in [4.69, 9.17) is 48.2 Å². The molecule has 7 rings (SSSR count). The monoisotopic (exact) mass is 577 g/mol. The van der Waals surface area contributed by atoms with Gasteiger partial charge in [-0.15, -0.1) is 0 Å². The maximum absolute atomic E-state index is 13.3. The van der Waals surface area contributed by atoms with Crippen molar-refractivity contribution in [3.8, 4) is 39.9 Å². The average Bonchev–Trinajstić information content (AvgIpc) is 3.73. The highest BCUT2D eigenvalue weighted by molar-refractivity contribution is 6.14. The second-order valence-electron chi connectivity index (χ2n) is 10.7. The number of esters is 1. The third-order valence-electron chi connectivity index (χ3n) is 7.83. The maximum atomic E-state index is 13.3. The molecule has 13 nitrogen and oxygen atoms in total. The molecule has 4 heterocycles. The molecule has 0 unspecified atom stereocenters. The predicted octanol–water partition coefficient (Wildman–Crippen LogP) is 4.86. The van der Waals surface area contributed by atoms with Gasteiger partial charge in [0.25, 0.3) is 0 Å². The van der Waals surface area contributed by atoms with Gasteiger partial charge in [-0.1, -0.05) is 11.2 Å². The Kier molecular flexibility index (Phi) is 6.03. The Bertz CT molecular complexity index is 1680. The molecule has 0 bridgehead atoms. The fourth-order valence-electron chi connectivity index (χ4n) is 6.14. The number of rotatable bonds is 7. The van der Waals surface area contributed by atoms with Crippen LogP contribution in [0.25, 0.3) is 32.3 Å². The number of carbonyl (C=O) groups excluding carboxylic acids is 1. The van der Waals surface area contributed by atoms with E-state index in [1.54, 1.807) is 39.2 Å². The quantitative estimate of drug-likeness (QED) is 0.165. The zero-order valence-corrected chi connectivity index (χ0v) is 23.3. The lowest BCUT2D eigenvalue weighted by atomic mass is 9.89. The van der Waals surface area contributed by atoms with Crippen LogP contribution >= 0.6 is 0 Å². The van der Waals surface area contributed by atoms with E-state index < -0.39 is 29.8 Å². The summed E-state index contributed by atoms with van der Waals surface area (Å²) < 4.78 is 53.0. The van der Waals surface area contributed by atoms with Crippen molar-refractivity contribution in [3.05, 3.63) is 51.9 Å². The van der Waals surface area contributed by atoms with Crippen molar-refractivity contribution in [3.63, 3.8) is 0 Å². The second kappa shape index (κ2) is 9.57. The van der Waals surface area contributed by atoms with Crippen molar-refractivity contribution < 1.29 is 47.4 Å². The second-order valence-corrected chi connectivity index (χ2v) is 10.7. The Labute approximate surface area is 239 Å². The lowest BCUT2D eigenvalue weighted by molar-refractivity contribution is -0.207. The molecule has 4 aliphatic heterocycles. The summed E-state index contributed by atoms with van der Waals surface area (Å²) >= 11 is 0. The Hall–Kier alpha value is -4.42. The number of hydrogen-bond donors (Lipinski definition) is 0. The lowest BCUT2D eigenvalue weighted by Crippen LogP contribution is -2.45. The molecule has 218 valence electrons. The topological polar surface area (TPSA) is 149 Å². The van der Waals surface area contributed by atoms with Crippen LogP contribution in [0.5, 0.6) is 28.7 Å². The number of cyclic esters (lactones) is 1. The molecular weight excluding hydrogens is 550 g/mol. The minimum Gasteiger partial charge on any atom is -0.493 e. The molecule has 3 atom stereocenters. The zero-order valence-electron chi connectivity index (χ0n) is 23.3. The summed E-state index contributed by atoms with van der Waals surface area (Å²) in [6.45, 7) is 3.71. The highest BCUT2D eigenvalue weighted by Gasteiger charge is 2.62. The molecule has 4 aliphatic rings. The van der Waals surface area contributed by atoms with E-state index in [-0.39, 0.29) is 26.6 Å². The van der Waals surface area contributed by atoms with Crippen molar-refractivity contribution in [2.75, 3.05) is 34.2 Å². The van der Waals surface area contributed by atoms with Gasteiger partial charge in [0.15, 0.2) is 34.9 Å². The van der Waals surface area contributed by atoms with Gasteiger partial charge < -0.3 is 42.6 Å². The van der Waals surface area contributed by atoms with Crippen LogP contribution < -0.4 is 23.7 Å². The molecule has 0 saturated carbocycles. The SMILES string of the molecule is COc1cc2c(O[C@H]3OC[C@@]4(CN=[N+]=[N-])OC(C)(C)O[C@@H]34)c3c(c(-c4ccc5c(c4)OCO5)c2cc1OC)C(=O)OC3. The predicted molar refractivity (Wildman–Crippen MR) is 145 cm³/mol. The fourth-order valence-corrected chi connectivity index (χ4v) is 6.14. The van der Waals surface area contributed by atoms with Crippen molar-refractivity contribution in [2.45, 2.75) is 44.2 Å². The molecule has 2 saturated heterocycles. The van der Waals surface area contributed by atoms with Crippen molar-refractivity contribution in [2.24, 2.45) is 5.11 Å². The molecule has 0 aliphatic carbocycles. The van der Waals surface area contributed by atoms with Gasteiger partial charge in [-0.2, -0.15) is 0 Å². The molecular formula is C29H27N3O10. The number of nitrogens with zero attached hydrogens (tertiary/aromatic N) is 3. The molecule has 0 radical (unpaired) electrons. The number of ether oxygens (including phenoxy) is 9. The average molecular weight is 578 g/mol. The zero-order chi connectivity index (χ0) is 29.2. The number of azide groups is 1. The van der Waals surface area contributed by atoms with Crippen LogP contribution in [0.2, 0.25) is 0 Å². The van der Waals surface area contributed by atoms with Crippen LogP contribution in [0.3, 0.4) is 0 Å². The minimum absolute atomic E-state index is 0.00795. The van der Waals surface area contributed by atoms with E-state index in [1.807, 2.05) is 12.1 Å².